The maximum atomic E-state index is 14.1. The van der Waals surface area contributed by atoms with Crippen LogP contribution in [0.2, 0.25) is 0 Å². The number of nitrogens with zero attached hydrogens (tertiary/aromatic N) is 2. The van der Waals surface area contributed by atoms with Crippen LogP contribution in [0.1, 0.15) is 11.1 Å². The van der Waals surface area contributed by atoms with Crippen LogP contribution in [0.15, 0.2) is 23.4 Å². The van der Waals surface area contributed by atoms with Gasteiger partial charge in [-0.2, -0.15) is 0 Å². The number of hydrogen-bond acceptors (Lipinski definition) is 4. The molecule has 0 bridgehead atoms. The number of benzene rings is 1. The summed E-state index contributed by atoms with van der Waals surface area (Å²) in [5, 5.41) is 11.4. The van der Waals surface area contributed by atoms with Gasteiger partial charge in [0.05, 0.1) is 18.8 Å². The molecule has 1 aliphatic heterocycles. The van der Waals surface area contributed by atoms with Crippen molar-refractivity contribution in [2.24, 2.45) is 10.9 Å². The predicted molar refractivity (Wildman–Crippen MR) is 65.0 cm³/mol. The smallest absolute Gasteiger partial charge is 0.173 e. The first-order chi connectivity index (χ1) is 8.72. The lowest BCUT2D eigenvalue weighted by atomic mass is 10.1. The molecule has 1 aromatic rings. The molecule has 2 rings (SSSR count). The van der Waals surface area contributed by atoms with Gasteiger partial charge >= 0.3 is 0 Å². The third-order valence-electron chi connectivity index (χ3n) is 2.96. The van der Waals surface area contributed by atoms with Gasteiger partial charge in [0, 0.05) is 25.2 Å². The van der Waals surface area contributed by atoms with Crippen LogP contribution in [0.5, 0.6) is 0 Å². The Morgan fingerprint density at radius 2 is 2.17 bits per heavy atom. The lowest BCUT2D eigenvalue weighted by Crippen LogP contribution is -2.36. The van der Waals surface area contributed by atoms with Crippen LogP contribution in [-0.2, 0) is 11.3 Å². The van der Waals surface area contributed by atoms with Gasteiger partial charge in [0.25, 0.3) is 0 Å². The van der Waals surface area contributed by atoms with Gasteiger partial charge in [-0.1, -0.05) is 17.3 Å². The molecular formula is C12H16FN3O2. The third kappa shape index (κ3) is 2.77. The second-order valence-corrected chi connectivity index (χ2v) is 4.15. The maximum absolute atomic E-state index is 14.1. The third-order valence-corrected chi connectivity index (χ3v) is 2.96. The summed E-state index contributed by atoms with van der Waals surface area (Å²) in [5.41, 5.74) is 6.09. The number of rotatable bonds is 3. The molecular weight excluding hydrogens is 237 g/mol. The summed E-state index contributed by atoms with van der Waals surface area (Å²) >= 11 is 0. The van der Waals surface area contributed by atoms with Crippen molar-refractivity contribution in [1.29, 1.82) is 0 Å². The van der Waals surface area contributed by atoms with E-state index in [4.69, 9.17) is 15.7 Å². The van der Waals surface area contributed by atoms with Crippen LogP contribution < -0.4 is 5.73 Å². The van der Waals surface area contributed by atoms with Gasteiger partial charge in [-0.3, -0.25) is 4.90 Å². The summed E-state index contributed by atoms with van der Waals surface area (Å²) in [4.78, 5) is 2.11. The Bertz CT molecular complexity index is 445. The quantitative estimate of drug-likeness (QED) is 0.361. The highest BCUT2D eigenvalue weighted by molar-refractivity contribution is 5.97. The van der Waals surface area contributed by atoms with Crippen LogP contribution in [0, 0.1) is 5.82 Å². The van der Waals surface area contributed by atoms with Gasteiger partial charge in [0.2, 0.25) is 0 Å². The first-order valence-corrected chi connectivity index (χ1v) is 5.77. The van der Waals surface area contributed by atoms with Crippen molar-refractivity contribution in [3.8, 4) is 0 Å². The minimum absolute atomic E-state index is 0.128. The van der Waals surface area contributed by atoms with E-state index in [-0.39, 0.29) is 11.4 Å². The number of oxime groups is 1. The minimum Gasteiger partial charge on any atom is -0.409 e. The van der Waals surface area contributed by atoms with Gasteiger partial charge in [-0.25, -0.2) is 4.39 Å². The molecule has 5 nitrogen and oxygen atoms in total. The lowest BCUT2D eigenvalue weighted by Gasteiger charge is -2.26. The van der Waals surface area contributed by atoms with E-state index in [1.165, 1.54) is 6.07 Å². The number of ether oxygens (including phenoxy) is 1. The Kier molecular flexibility index (Phi) is 4.11. The molecule has 0 saturated carbocycles. The maximum Gasteiger partial charge on any atom is 0.173 e. The van der Waals surface area contributed by atoms with E-state index in [0.29, 0.717) is 25.3 Å². The van der Waals surface area contributed by atoms with E-state index >= 15 is 0 Å². The zero-order chi connectivity index (χ0) is 13.0. The fourth-order valence-electron chi connectivity index (χ4n) is 1.95. The van der Waals surface area contributed by atoms with Crippen molar-refractivity contribution in [1.82, 2.24) is 4.90 Å². The topological polar surface area (TPSA) is 71.1 Å². The Hall–Kier alpha value is -1.66. The molecule has 1 aliphatic rings. The van der Waals surface area contributed by atoms with E-state index in [0.717, 1.165) is 13.1 Å². The Labute approximate surface area is 105 Å². The van der Waals surface area contributed by atoms with E-state index in [9.17, 15) is 4.39 Å². The summed E-state index contributed by atoms with van der Waals surface area (Å²) in [7, 11) is 0. The molecule has 0 amide bonds. The molecule has 1 heterocycles. The molecule has 3 N–H and O–H groups in total. The summed E-state index contributed by atoms with van der Waals surface area (Å²) in [6.45, 7) is 3.41. The molecule has 0 spiro atoms. The molecule has 1 fully saturated rings. The van der Waals surface area contributed by atoms with Crippen molar-refractivity contribution in [3.63, 3.8) is 0 Å². The van der Waals surface area contributed by atoms with Crippen molar-refractivity contribution >= 4 is 5.84 Å². The summed E-state index contributed by atoms with van der Waals surface area (Å²) in [6, 6.07) is 4.90. The largest absolute Gasteiger partial charge is 0.409 e. The van der Waals surface area contributed by atoms with Gasteiger partial charge in [-0.05, 0) is 6.07 Å². The zero-order valence-electron chi connectivity index (χ0n) is 9.97. The van der Waals surface area contributed by atoms with Crippen LogP contribution in [0.3, 0.4) is 0 Å². The molecule has 18 heavy (non-hydrogen) atoms. The molecule has 6 heteroatoms. The number of halogens is 1. The van der Waals surface area contributed by atoms with Crippen molar-refractivity contribution in [2.75, 3.05) is 26.3 Å². The molecule has 1 saturated heterocycles. The van der Waals surface area contributed by atoms with E-state index in [1.807, 2.05) is 0 Å². The Morgan fingerprint density at radius 1 is 1.44 bits per heavy atom. The van der Waals surface area contributed by atoms with Crippen LogP contribution in [0.25, 0.3) is 0 Å². The Morgan fingerprint density at radius 3 is 2.83 bits per heavy atom. The fraction of sp³-hybridized carbons (Fsp3) is 0.417. The summed E-state index contributed by atoms with van der Waals surface area (Å²) in [5.74, 6) is -0.643. The van der Waals surface area contributed by atoms with Crippen molar-refractivity contribution in [2.45, 2.75) is 6.54 Å². The molecule has 0 aromatic heterocycles. The van der Waals surface area contributed by atoms with E-state index in [2.05, 4.69) is 10.1 Å². The molecule has 0 unspecified atom stereocenters. The van der Waals surface area contributed by atoms with Crippen LogP contribution in [-0.4, -0.2) is 42.2 Å². The fourth-order valence-corrected chi connectivity index (χ4v) is 1.95. The highest BCUT2D eigenvalue weighted by Gasteiger charge is 2.16. The first-order valence-electron chi connectivity index (χ1n) is 5.77. The summed E-state index contributed by atoms with van der Waals surface area (Å²) in [6.07, 6.45) is 0. The number of amidine groups is 1. The monoisotopic (exact) mass is 253 g/mol. The van der Waals surface area contributed by atoms with Crippen LogP contribution in [0.4, 0.5) is 4.39 Å². The highest BCUT2D eigenvalue weighted by atomic mass is 19.1. The lowest BCUT2D eigenvalue weighted by molar-refractivity contribution is 0.0337. The van der Waals surface area contributed by atoms with E-state index < -0.39 is 5.82 Å². The van der Waals surface area contributed by atoms with Gasteiger partial charge in [0.1, 0.15) is 5.82 Å². The number of morpholine rings is 1. The second-order valence-electron chi connectivity index (χ2n) is 4.15. The molecule has 98 valence electrons. The number of nitrogens with two attached hydrogens (primary N) is 1. The number of hydrogen-bond donors (Lipinski definition) is 2. The summed E-state index contributed by atoms with van der Waals surface area (Å²) < 4.78 is 19.4. The van der Waals surface area contributed by atoms with E-state index in [1.54, 1.807) is 12.1 Å². The predicted octanol–water partition coefficient (Wildman–Crippen LogP) is 0.752. The standard InChI is InChI=1S/C12H16FN3O2/c13-11-9(8-16-4-6-18-7-5-16)2-1-3-10(11)12(14)15-17/h1-3,17H,4-8H2,(H2,14,15). The van der Waals surface area contributed by atoms with Gasteiger partial charge in [-0.15, -0.1) is 0 Å². The molecule has 0 atom stereocenters. The average Bonchev–Trinajstić information content (AvgIpc) is 2.41. The normalized spacial score (nSPS) is 17.9. The SMILES string of the molecule is N/C(=N/O)c1cccc(CN2CCOCC2)c1F. The van der Waals surface area contributed by atoms with Gasteiger partial charge in [0.15, 0.2) is 5.84 Å². The highest BCUT2D eigenvalue weighted by Crippen LogP contribution is 2.15. The van der Waals surface area contributed by atoms with Crippen molar-refractivity contribution in [3.05, 3.63) is 35.1 Å². The van der Waals surface area contributed by atoms with Crippen LogP contribution >= 0.6 is 0 Å². The molecule has 0 radical (unpaired) electrons. The molecule has 0 aliphatic carbocycles. The minimum atomic E-state index is -0.431. The zero-order valence-corrected chi connectivity index (χ0v) is 9.97. The Balaban J connectivity index is 2.17. The molecule has 1 aromatic carbocycles. The first kappa shape index (κ1) is 12.8. The second kappa shape index (κ2) is 5.79. The average molecular weight is 253 g/mol. The van der Waals surface area contributed by atoms with Gasteiger partial charge < -0.3 is 15.7 Å². The van der Waals surface area contributed by atoms with Crippen molar-refractivity contribution < 1.29 is 14.3 Å².